The third-order valence-corrected chi connectivity index (χ3v) is 9.46. The van der Waals surface area contributed by atoms with Crippen molar-refractivity contribution < 1.29 is 27.9 Å². The minimum atomic E-state index is -4.63. The molecule has 0 spiro atoms. The minimum absolute atomic E-state index is 0.0423. The Balaban J connectivity index is 1.24. The van der Waals surface area contributed by atoms with Crippen LogP contribution in [0.3, 0.4) is 0 Å². The predicted octanol–water partition coefficient (Wildman–Crippen LogP) is 4.51. The number of amides is 2. The van der Waals surface area contributed by atoms with Gasteiger partial charge in [0.2, 0.25) is 10.9 Å². The molecule has 4 aromatic rings. The van der Waals surface area contributed by atoms with Crippen LogP contribution in [0.4, 0.5) is 23.0 Å². The van der Waals surface area contributed by atoms with Gasteiger partial charge in [0.25, 0.3) is 0 Å². The van der Waals surface area contributed by atoms with Crippen LogP contribution in [-0.4, -0.2) is 95.4 Å². The highest BCUT2D eigenvalue weighted by Crippen LogP contribution is 2.43. The number of aromatic amines is 1. The van der Waals surface area contributed by atoms with Gasteiger partial charge in [-0.3, -0.25) is 4.79 Å². The van der Waals surface area contributed by atoms with E-state index in [0.29, 0.717) is 84.6 Å². The van der Waals surface area contributed by atoms with Crippen molar-refractivity contribution in [3.05, 3.63) is 40.4 Å². The molecule has 44 heavy (non-hydrogen) atoms. The summed E-state index contributed by atoms with van der Waals surface area (Å²) < 4.78 is 43.2. The smallest absolute Gasteiger partial charge is 0.443 e. The van der Waals surface area contributed by atoms with E-state index in [2.05, 4.69) is 25.0 Å². The summed E-state index contributed by atoms with van der Waals surface area (Å²) in [6.07, 6.45) is -4.17. The lowest BCUT2D eigenvalue weighted by Crippen LogP contribution is -2.54. The number of nitrogens with one attached hydrogen (secondary N) is 1. The van der Waals surface area contributed by atoms with Crippen LogP contribution in [0.25, 0.3) is 22.6 Å². The maximum absolute atomic E-state index is 13.9. The van der Waals surface area contributed by atoms with Gasteiger partial charge in [0.05, 0.1) is 11.0 Å². The topological polar surface area (TPSA) is 136 Å². The Morgan fingerprint density at radius 3 is 2.48 bits per heavy atom. The first-order valence-electron chi connectivity index (χ1n) is 14.4. The lowest BCUT2D eigenvalue weighted by atomic mass is 9.89. The normalized spacial score (nSPS) is 18.4. The third-order valence-electron chi connectivity index (χ3n) is 8.30. The molecule has 0 aliphatic carbocycles. The number of anilines is 1. The van der Waals surface area contributed by atoms with Crippen LogP contribution >= 0.6 is 11.3 Å². The highest BCUT2D eigenvalue weighted by molar-refractivity contribution is 7.16. The molecular formula is C28H32F3N9O3S. The monoisotopic (exact) mass is 631 g/mol. The van der Waals surface area contributed by atoms with Crippen molar-refractivity contribution in [2.45, 2.75) is 58.3 Å². The Morgan fingerprint density at radius 2 is 1.84 bits per heavy atom. The van der Waals surface area contributed by atoms with Crippen molar-refractivity contribution in [3.8, 4) is 11.5 Å². The average molecular weight is 632 g/mol. The average Bonchev–Trinajstić information content (AvgIpc) is 3.68. The molecule has 3 aromatic heterocycles. The van der Waals surface area contributed by atoms with E-state index in [4.69, 9.17) is 0 Å². The zero-order valence-electron chi connectivity index (χ0n) is 24.4. The molecule has 2 aliphatic rings. The molecule has 2 aliphatic heterocycles. The number of aryl methyl sites for hydroxylation is 2. The molecule has 1 aromatic carbocycles. The van der Waals surface area contributed by atoms with Crippen LogP contribution in [0.15, 0.2) is 18.2 Å². The van der Waals surface area contributed by atoms with Gasteiger partial charge in [0.15, 0.2) is 5.82 Å². The number of aromatic nitrogens is 6. The zero-order valence-corrected chi connectivity index (χ0v) is 25.2. The molecule has 2 saturated heterocycles. The number of piperidine rings is 1. The molecule has 234 valence electrons. The maximum Gasteiger partial charge on any atom is 0.443 e. The molecule has 16 heteroatoms. The van der Waals surface area contributed by atoms with Crippen LogP contribution in [0, 0.1) is 13.8 Å². The van der Waals surface area contributed by atoms with Crippen LogP contribution in [-0.2, 0) is 17.5 Å². The molecule has 0 bridgehead atoms. The van der Waals surface area contributed by atoms with Crippen molar-refractivity contribution in [2.24, 2.45) is 0 Å². The van der Waals surface area contributed by atoms with E-state index in [-0.39, 0.29) is 35.9 Å². The largest absolute Gasteiger partial charge is 0.465 e. The van der Waals surface area contributed by atoms with Crippen LogP contribution in [0.5, 0.6) is 0 Å². The minimum Gasteiger partial charge on any atom is -0.465 e. The van der Waals surface area contributed by atoms with E-state index in [9.17, 15) is 27.9 Å². The number of alkyl halides is 3. The first-order chi connectivity index (χ1) is 20.9. The lowest BCUT2D eigenvalue weighted by Gasteiger charge is -2.40. The third kappa shape index (κ3) is 5.81. The number of imidazole rings is 1. The van der Waals surface area contributed by atoms with E-state index in [1.54, 1.807) is 23.4 Å². The molecule has 2 fully saturated rings. The number of benzene rings is 1. The number of nitrogens with zero attached hydrogens (tertiary/aromatic N) is 8. The number of carbonyl (C=O) groups is 2. The summed E-state index contributed by atoms with van der Waals surface area (Å²) in [6, 6.07) is 5.44. The summed E-state index contributed by atoms with van der Waals surface area (Å²) in [6.45, 7) is 7.34. The Hall–Kier alpha value is -4.21. The van der Waals surface area contributed by atoms with E-state index in [1.165, 1.54) is 4.90 Å². The summed E-state index contributed by atoms with van der Waals surface area (Å²) >= 11 is 0.576. The van der Waals surface area contributed by atoms with Crippen molar-refractivity contribution in [2.75, 3.05) is 37.6 Å². The quantitative estimate of drug-likeness (QED) is 0.329. The van der Waals surface area contributed by atoms with E-state index in [0.717, 1.165) is 5.56 Å². The SMILES string of the molecule is Cc1nc(C)n(CC(=O)N2CCN(c3sc(C(F)(F)F)nc3-c3nc4ccc(C5CCN(C(=O)O)CC5)cc4[nH]3)C[C@H]2C)n1. The second-order valence-corrected chi connectivity index (χ2v) is 12.3. The Bertz CT molecular complexity index is 1710. The lowest BCUT2D eigenvalue weighted by molar-refractivity contribution is -0.137. The highest BCUT2D eigenvalue weighted by atomic mass is 32.1. The summed E-state index contributed by atoms with van der Waals surface area (Å²) in [5, 5.41) is 12.9. The fourth-order valence-electron chi connectivity index (χ4n) is 6.04. The maximum atomic E-state index is 13.9. The number of likely N-dealkylation sites (tertiary alicyclic amines) is 1. The number of piperazine rings is 1. The van der Waals surface area contributed by atoms with Gasteiger partial charge in [0.1, 0.15) is 28.9 Å². The van der Waals surface area contributed by atoms with Gasteiger partial charge >= 0.3 is 12.3 Å². The van der Waals surface area contributed by atoms with Crippen molar-refractivity contribution in [1.82, 2.24) is 39.5 Å². The van der Waals surface area contributed by atoms with Gasteiger partial charge < -0.3 is 24.8 Å². The molecule has 0 unspecified atom stereocenters. The molecule has 6 rings (SSSR count). The van der Waals surface area contributed by atoms with Gasteiger partial charge in [0, 0.05) is 38.8 Å². The number of H-pyrrole nitrogens is 1. The van der Waals surface area contributed by atoms with E-state index >= 15 is 0 Å². The molecular weight excluding hydrogens is 599 g/mol. The highest BCUT2D eigenvalue weighted by Gasteiger charge is 2.39. The number of hydrogen-bond donors (Lipinski definition) is 2. The van der Waals surface area contributed by atoms with E-state index in [1.807, 2.05) is 30.0 Å². The molecule has 2 N–H and O–H groups in total. The van der Waals surface area contributed by atoms with Crippen LogP contribution in [0.2, 0.25) is 0 Å². The summed E-state index contributed by atoms with van der Waals surface area (Å²) in [5.41, 5.74) is 2.42. The molecule has 0 saturated carbocycles. The Morgan fingerprint density at radius 1 is 1.09 bits per heavy atom. The Kier molecular flexibility index (Phi) is 7.71. The number of thiazole rings is 1. The first kappa shape index (κ1) is 29.8. The second kappa shape index (κ2) is 11.4. The summed E-state index contributed by atoms with van der Waals surface area (Å²) in [4.78, 5) is 45.4. The molecule has 2 amide bonds. The first-order valence-corrected chi connectivity index (χ1v) is 15.2. The molecule has 1 atom stereocenters. The fraction of sp³-hybridized carbons (Fsp3) is 0.500. The molecule has 0 radical (unpaired) electrons. The predicted molar refractivity (Wildman–Crippen MR) is 157 cm³/mol. The zero-order chi connectivity index (χ0) is 31.3. The van der Waals surface area contributed by atoms with Gasteiger partial charge in [-0.05, 0) is 57.2 Å². The number of halogens is 3. The van der Waals surface area contributed by atoms with Crippen LogP contribution in [0.1, 0.15) is 47.9 Å². The second-order valence-electron chi connectivity index (χ2n) is 11.3. The summed E-state index contributed by atoms with van der Waals surface area (Å²) in [5.74, 6) is 1.49. The van der Waals surface area contributed by atoms with Gasteiger partial charge in [-0.25, -0.2) is 24.4 Å². The fourth-order valence-corrected chi connectivity index (χ4v) is 7.01. The summed E-state index contributed by atoms with van der Waals surface area (Å²) in [7, 11) is 0. The van der Waals surface area contributed by atoms with Gasteiger partial charge in [-0.15, -0.1) is 0 Å². The van der Waals surface area contributed by atoms with Crippen molar-refractivity contribution in [1.29, 1.82) is 0 Å². The van der Waals surface area contributed by atoms with Gasteiger partial charge in [-0.1, -0.05) is 17.4 Å². The van der Waals surface area contributed by atoms with Crippen molar-refractivity contribution in [3.63, 3.8) is 0 Å². The standard InChI is InChI=1S/C28H32F3N9O3S/c1-15-13-38(10-11-39(15)22(41)14-40-17(3)32-16(2)36-40)25-23(35-26(44-25)28(29,30)31)24-33-20-5-4-19(12-21(20)34-24)18-6-8-37(9-7-18)27(42)43/h4-5,12,15,18H,6-11,13-14H2,1-3H3,(H,33,34)(H,42,43)/t15-/m1/s1. The number of carboxylic acid groups (broad SMARTS) is 1. The Labute approximate surface area is 254 Å². The van der Waals surface area contributed by atoms with E-state index < -0.39 is 17.3 Å². The molecule has 12 nitrogen and oxygen atoms in total. The molecule has 5 heterocycles. The van der Waals surface area contributed by atoms with Gasteiger partial charge in [-0.2, -0.15) is 18.3 Å². The number of hydrogen-bond acceptors (Lipinski definition) is 8. The number of carbonyl (C=O) groups excluding carboxylic acids is 1. The van der Waals surface area contributed by atoms with Crippen molar-refractivity contribution >= 4 is 39.4 Å². The number of fused-ring (bicyclic) bond motifs is 1. The van der Waals surface area contributed by atoms with Crippen LogP contribution < -0.4 is 4.90 Å². The number of rotatable bonds is 5.